The molecule has 1 fully saturated rings. The molecule has 7 heteroatoms. The van der Waals surface area contributed by atoms with E-state index in [0.29, 0.717) is 13.1 Å². The molecular formula is C21H25N5OS. The fourth-order valence-corrected chi connectivity index (χ4v) is 4.45. The third-order valence-corrected chi connectivity index (χ3v) is 5.99. The minimum absolute atomic E-state index is 0.0316. The number of carbonyl (C=O) groups excluding carboxylic acids is 1. The number of anilines is 2. The summed E-state index contributed by atoms with van der Waals surface area (Å²) >= 11 is 1.52. The van der Waals surface area contributed by atoms with Crippen molar-refractivity contribution in [3.05, 3.63) is 47.1 Å². The predicted octanol–water partition coefficient (Wildman–Crippen LogP) is 3.83. The summed E-state index contributed by atoms with van der Waals surface area (Å²) in [5, 5.41) is 7.40. The van der Waals surface area contributed by atoms with Crippen LogP contribution >= 0.6 is 11.3 Å². The van der Waals surface area contributed by atoms with Gasteiger partial charge in [-0.05, 0) is 43.7 Å². The van der Waals surface area contributed by atoms with Gasteiger partial charge in [0.2, 0.25) is 0 Å². The number of aryl methyl sites for hydroxylation is 1. The van der Waals surface area contributed by atoms with Crippen LogP contribution < -0.4 is 15.5 Å². The van der Waals surface area contributed by atoms with E-state index in [4.69, 9.17) is 0 Å². The lowest BCUT2D eigenvalue weighted by molar-refractivity contribution is 0.0959. The summed E-state index contributed by atoms with van der Waals surface area (Å²) in [6.45, 7) is 5.19. The van der Waals surface area contributed by atoms with E-state index in [1.165, 1.54) is 30.6 Å². The summed E-state index contributed by atoms with van der Waals surface area (Å²) in [7, 11) is 0. The molecule has 1 aliphatic rings. The Morgan fingerprint density at radius 3 is 2.75 bits per heavy atom. The quantitative estimate of drug-likeness (QED) is 0.621. The molecule has 0 bridgehead atoms. The first-order valence-corrected chi connectivity index (χ1v) is 10.6. The third-order valence-electron chi connectivity index (χ3n) is 4.87. The van der Waals surface area contributed by atoms with Crippen molar-refractivity contribution in [2.45, 2.75) is 26.2 Å². The molecule has 0 radical (unpaired) electrons. The summed E-state index contributed by atoms with van der Waals surface area (Å²) in [5.41, 5.74) is 0. The minimum atomic E-state index is -0.0316. The number of benzene rings is 1. The molecule has 1 aromatic carbocycles. The lowest BCUT2D eigenvalue weighted by Gasteiger charge is -2.28. The van der Waals surface area contributed by atoms with Gasteiger partial charge in [0, 0.05) is 36.9 Å². The average Bonchev–Trinajstić information content (AvgIpc) is 3.16. The molecule has 6 nitrogen and oxygen atoms in total. The molecule has 3 heterocycles. The highest BCUT2D eigenvalue weighted by Crippen LogP contribution is 2.25. The second-order valence-corrected chi connectivity index (χ2v) is 8.12. The molecule has 2 aromatic heterocycles. The second kappa shape index (κ2) is 8.56. The van der Waals surface area contributed by atoms with Crippen molar-refractivity contribution in [1.82, 2.24) is 15.3 Å². The predicted molar refractivity (Wildman–Crippen MR) is 115 cm³/mol. The molecule has 4 rings (SSSR count). The number of nitrogens with zero attached hydrogens (tertiary/aromatic N) is 3. The van der Waals surface area contributed by atoms with Crippen LogP contribution in [-0.4, -0.2) is 42.1 Å². The maximum Gasteiger partial charge on any atom is 0.261 e. The van der Waals surface area contributed by atoms with Crippen LogP contribution in [0.3, 0.4) is 0 Å². The normalized spacial score (nSPS) is 14.2. The summed E-state index contributed by atoms with van der Waals surface area (Å²) in [6.07, 6.45) is 3.73. The fourth-order valence-electron chi connectivity index (χ4n) is 3.47. The van der Waals surface area contributed by atoms with E-state index in [1.54, 1.807) is 0 Å². The first-order valence-electron chi connectivity index (χ1n) is 9.80. The topological polar surface area (TPSA) is 70.2 Å². The number of hydrogen-bond acceptors (Lipinski definition) is 6. The zero-order valence-corrected chi connectivity index (χ0v) is 16.9. The molecule has 0 aliphatic carbocycles. The minimum Gasteiger partial charge on any atom is -0.368 e. The zero-order valence-electron chi connectivity index (χ0n) is 16.1. The molecule has 0 saturated carbocycles. The Balaban J connectivity index is 1.31. The van der Waals surface area contributed by atoms with E-state index in [-0.39, 0.29) is 5.91 Å². The standard InChI is InChI=1S/C21H25N5OS/c1-15-24-19(14-20(25-15)26-11-5-2-6-12-26)22-9-10-23-21(27)18-13-16-7-3-4-8-17(16)28-18/h3-4,7-8,13-14H,2,5-6,9-12H2,1H3,(H,23,27)(H,22,24,25). The van der Waals surface area contributed by atoms with E-state index < -0.39 is 0 Å². The van der Waals surface area contributed by atoms with Crippen LogP contribution in [0.25, 0.3) is 10.1 Å². The Kier molecular flexibility index (Phi) is 5.71. The molecule has 0 spiro atoms. The van der Waals surface area contributed by atoms with Crippen LogP contribution in [0.5, 0.6) is 0 Å². The number of rotatable bonds is 6. The molecule has 146 valence electrons. The summed E-state index contributed by atoms with van der Waals surface area (Å²) in [6, 6.07) is 12.0. The van der Waals surface area contributed by atoms with Crippen molar-refractivity contribution in [2.24, 2.45) is 0 Å². The molecule has 1 amide bonds. The molecule has 0 unspecified atom stereocenters. The van der Waals surface area contributed by atoms with E-state index in [2.05, 4.69) is 25.5 Å². The Labute approximate surface area is 169 Å². The molecule has 28 heavy (non-hydrogen) atoms. The van der Waals surface area contributed by atoms with Crippen LogP contribution in [-0.2, 0) is 0 Å². The first-order chi connectivity index (χ1) is 13.7. The monoisotopic (exact) mass is 395 g/mol. The van der Waals surface area contributed by atoms with Crippen LogP contribution in [0.4, 0.5) is 11.6 Å². The van der Waals surface area contributed by atoms with E-state index >= 15 is 0 Å². The molecule has 3 aromatic rings. The lowest BCUT2D eigenvalue weighted by atomic mass is 10.1. The maximum atomic E-state index is 12.4. The highest BCUT2D eigenvalue weighted by atomic mass is 32.1. The largest absolute Gasteiger partial charge is 0.368 e. The summed E-state index contributed by atoms with van der Waals surface area (Å²) < 4.78 is 1.13. The van der Waals surface area contributed by atoms with Crippen molar-refractivity contribution in [3.63, 3.8) is 0 Å². The van der Waals surface area contributed by atoms with E-state index in [0.717, 1.165) is 45.5 Å². The SMILES string of the molecule is Cc1nc(NCCNC(=O)c2cc3ccccc3s2)cc(N2CCCCC2)n1. The number of piperidine rings is 1. The number of thiophene rings is 1. The molecular weight excluding hydrogens is 370 g/mol. The molecule has 1 saturated heterocycles. The van der Waals surface area contributed by atoms with Gasteiger partial charge in [0.05, 0.1) is 4.88 Å². The summed E-state index contributed by atoms with van der Waals surface area (Å²) in [4.78, 5) is 24.5. The highest BCUT2D eigenvalue weighted by molar-refractivity contribution is 7.20. The number of aromatic nitrogens is 2. The maximum absolute atomic E-state index is 12.4. The Morgan fingerprint density at radius 2 is 1.93 bits per heavy atom. The van der Waals surface area contributed by atoms with Crippen LogP contribution in [0.15, 0.2) is 36.4 Å². The van der Waals surface area contributed by atoms with Crippen molar-refractivity contribution < 1.29 is 4.79 Å². The number of amides is 1. The molecule has 2 N–H and O–H groups in total. The van der Waals surface area contributed by atoms with Crippen molar-refractivity contribution in [1.29, 1.82) is 0 Å². The third kappa shape index (κ3) is 4.42. The molecule has 0 atom stereocenters. The number of hydrogen-bond donors (Lipinski definition) is 2. The van der Waals surface area contributed by atoms with Gasteiger partial charge in [-0.25, -0.2) is 9.97 Å². The van der Waals surface area contributed by atoms with Gasteiger partial charge in [0.25, 0.3) is 5.91 Å². The Morgan fingerprint density at radius 1 is 1.11 bits per heavy atom. The lowest BCUT2D eigenvalue weighted by Crippen LogP contribution is -2.31. The van der Waals surface area contributed by atoms with Gasteiger partial charge in [0.15, 0.2) is 0 Å². The van der Waals surface area contributed by atoms with E-state index in [1.807, 2.05) is 43.3 Å². The van der Waals surface area contributed by atoms with Gasteiger partial charge in [-0.3, -0.25) is 4.79 Å². The second-order valence-electron chi connectivity index (χ2n) is 7.04. The van der Waals surface area contributed by atoms with Gasteiger partial charge >= 0.3 is 0 Å². The average molecular weight is 396 g/mol. The first kappa shape index (κ1) is 18.7. The smallest absolute Gasteiger partial charge is 0.261 e. The van der Waals surface area contributed by atoms with E-state index in [9.17, 15) is 4.79 Å². The molecule has 1 aliphatic heterocycles. The van der Waals surface area contributed by atoms with Crippen molar-refractivity contribution >= 4 is 39.0 Å². The van der Waals surface area contributed by atoms with Crippen molar-refractivity contribution in [2.75, 3.05) is 36.4 Å². The number of carbonyl (C=O) groups is 1. The number of fused-ring (bicyclic) bond motifs is 1. The van der Waals surface area contributed by atoms with Gasteiger partial charge in [-0.15, -0.1) is 11.3 Å². The van der Waals surface area contributed by atoms with Crippen LogP contribution in [0.2, 0.25) is 0 Å². The van der Waals surface area contributed by atoms with Crippen LogP contribution in [0, 0.1) is 6.92 Å². The van der Waals surface area contributed by atoms with Crippen LogP contribution in [0.1, 0.15) is 34.8 Å². The van der Waals surface area contributed by atoms with Gasteiger partial charge in [0.1, 0.15) is 17.5 Å². The number of nitrogens with one attached hydrogen (secondary N) is 2. The van der Waals surface area contributed by atoms with Gasteiger partial charge in [-0.2, -0.15) is 0 Å². The van der Waals surface area contributed by atoms with Crippen molar-refractivity contribution in [3.8, 4) is 0 Å². The fraction of sp³-hybridized carbons (Fsp3) is 0.381. The highest BCUT2D eigenvalue weighted by Gasteiger charge is 2.14. The van der Waals surface area contributed by atoms with Gasteiger partial charge in [-0.1, -0.05) is 18.2 Å². The Bertz CT molecular complexity index is 931. The van der Waals surface area contributed by atoms with Gasteiger partial charge < -0.3 is 15.5 Å². The zero-order chi connectivity index (χ0) is 19.3. The summed E-state index contributed by atoms with van der Waals surface area (Å²) in [5.74, 6) is 2.53. The Hall–Kier alpha value is -2.67.